The Hall–Kier alpha value is -5.93. The number of amides is 2. The summed E-state index contributed by atoms with van der Waals surface area (Å²) in [5.41, 5.74) is 10.2. The van der Waals surface area contributed by atoms with Gasteiger partial charge in [-0.15, -0.1) is 0 Å². The third-order valence-electron chi connectivity index (χ3n) is 15.0. The molecule has 0 bridgehead atoms. The highest BCUT2D eigenvalue weighted by Crippen LogP contribution is 2.42. The van der Waals surface area contributed by atoms with Gasteiger partial charge in [-0.1, -0.05) is 71.0 Å². The molecule has 0 saturated carbocycles. The number of Topliss-reactive ketones (excluding diaryl/α,β-unsaturated/α-hetero) is 1. The van der Waals surface area contributed by atoms with Crippen molar-refractivity contribution < 1.29 is 60.4 Å². The molecule has 0 saturated heterocycles. The van der Waals surface area contributed by atoms with Crippen LogP contribution in [0.4, 0.5) is 22.7 Å². The zero-order valence-electron chi connectivity index (χ0n) is 46.7. The first-order valence-electron chi connectivity index (χ1n) is 27.2. The molecule has 426 valence electrons. The lowest BCUT2D eigenvalue weighted by atomic mass is 9.98. The standard InChI is InChI=1S/C61H72N4O12S3/c1-8-55(66)58(80(69,70)71)19-26-78-79-61(3,4)39-63(20-21-74-24-25-75-23-22-72-6)47-28-41(37-77-56-33-42-17-18-46-30-43-13-9-11-15-52(43)64(46)59(67)50(42)27-40(56)2)29-49(34-47)76-38-45-32-54-51(35-57(45)73-7)60(68)65-48(36-62(54)5)31-44-14-10-12-16-53(44)65/h9-16,27-29,32-35,46,48,58H,8,17-26,30-31,37-39H2,1-7H3,(H,69,70,71)/t46-,48+,58?/m1/s1. The minimum absolute atomic E-state index is 0.00856. The highest BCUT2D eigenvalue weighted by molar-refractivity contribution is 8.77. The SMILES string of the molecule is CCC(=O)C(CCSSC(C)(C)CN(CCOCCOCCOC)c1cc(COc2cc3c(cc2C)C(=O)N2c4ccccc4C[C@H]2CC3)cc(OCc2cc3c(cc2OC)C(=O)N2c4ccccc4C[C@H]2[C-]=[N+]3C)c1)S(=O)(=O)O. The third kappa shape index (κ3) is 13.5. The topological polar surface area (TPSA) is 174 Å². The van der Waals surface area contributed by atoms with Crippen LogP contribution in [0.15, 0.2) is 91.0 Å². The molecule has 1 unspecified atom stereocenters. The molecule has 16 nitrogen and oxygen atoms in total. The van der Waals surface area contributed by atoms with E-state index in [1.807, 2.05) is 95.1 Å². The lowest BCUT2D eigenvalue weighted by Gasteiger charge is -2.34. The summed E-state index contributed by atoms with van der Waals surface area (Å²) >= 11 is 0. The molecule has 9 rings (SSSR count). The Morgan fingerprint density at radius 1 is 0.838 bits per heavy atom. The van der Waals surface area contributed by atoms with E-state index in [2.05, 4.69) is 43.2 Å². The van der Waals surface area contributed by atoms with Crippen molar-refractivity contribution in [3.8, 4) is 17.2 Å². The number of methoxy groups -OCH3 is 2. The molecular formula is C61H72N4O12S3. The number of anilines is 3. The Morgan fingerprint density at radius 2 is 1.54 bits per heavy atom. The van der Waals surface area contributed by atoms with Crippen LogP contribution in [0.3, 0.4) is 0 Å². The van der Waals surface area contributed by atoms with Gasteiger partial charge in [0.25, 0.3) is 16.0 Å². The van der Waals surface area contributed by atoms with E-state index >= 15 is 0 Å². The molecule has 0 radical (unpaired) electrons. The minimum atomic E-state index is -4.54. The number of hydrogen-bond donors (Lipinski definition) is 1. The van der Waals surface area contributed by atoms with Crippen molar-refractivity contribution in [1.82, 2.24) is 0 Å². The van der Waals surface area contributed by atoms with Gasteiger partial charge in [0.1, 0.15) is 42.8 Å². The summed E-state index contributed by atoms with van der Waals surface area (Å²) in [5.74, 6) is 1.43. The number of ketones is 1. The number of nitrogens with zero attached hydrogens (tertiary/aromatic N) is 4. The predicted octanol–water partition coefficient (Wildman–Crippen LogP) is 9.76. The second kappa shape index (κ2) is 25.9. The van der Waals surface area contributed by atoms with Gasteiger partial charge in [-0.05, 0) is 123 Å². The van der Waals surface area contributed by atoms with Gasteiger partial charge in [-0.25, -0.2) is 0 Å². The molecule has 4 aliphatic heterocycles. The van der Waals surface area contributed by atoms with Crippen molar-refractivity contribution in [1.29, 1.82) is 0 Å². The second-order valence-corrected chi connectivity index (χ2v) is 25.9. The summed E-state index contributed by atoms with van der Waals surface area (Å²) in [6, 6.07) is 29.7. The van der Waals surface area contributed by atoms with Crippen LogP contribution in [0.5, 0.6) is 17.2 Å². The van der Waals surface area contributed by atoms with Crippen molar-refractivity contribution >= 4 is 78.3 Å². The molecule has 0 fully saturated rings. The maximum Gasteiger partial charge on any atom is 0.275 e. The van der Waals surface area contributed by atoms with Crippen molar-refractivity contribution in [2.75, 3.05) is 87.8 Å². The molecule has 5 aromatic carbocycles. The van der Waals surface area contributed by atoms with Crippen LogP contribution in [0, 0.1) is 6.92 Å². The Kier molecular flexibility index (Phi) is 19.0. The van der Waals surface area contributed by atoms with Crippen molar-refractivity contribution in [3.05, 3.63) is 136 Å². The summed E-state index contributed by atoms with van der Waals surface area (Å²) < 4.78 is 72.0. The van der Waals surface area contributed by atoms with Crippen LogP contribution in [-0.4, -0.2) is 137 Å². The van der Waals surface area contributed by atoms with Gasteiger partial charge in [0.15, 0.2) is 5.78 Å². The van der Waals surface area contributed by atoms with E-state index in [0.717, 1.165) is 64.1 Å². The number of rotatable bonds is 27. The Labute approximate surface area is 478 Å². The molecule has 4 heterocycles. The van der Waals surface area contributed by atoms with Gasteiger partial charge in [0, 0.05) is 95.2 Å². The fraction of sp³-hybridized carbons (Fsp3) is 0.443. The second-order valence-electron chi connectivity index (χ2n) is 21.2. The maximum absolute atomic E-state index is 14.4. The quantitative estimate of drug-likeness (QED) is 0.0173. The number of carbonyl (C=O) groups excluding carboxylic acids is 3. The molecule has 0 aromatic heterocycles. The highest BCUT2D eigenvalue weighted by Gasteiger charge is 2.39. The molecular weight excluding hydrogens is 1080 g/mol. The number of hydrogen-bond acceptors (Lipinski definition) is 14. The van der Waals surface area contributed by atoms with Gasteiger partial charge in [-0.3, -0.25) is 18.9 Å². The van der Waals surface area contributed by atoms with E-state index in [1.165, 1.54) is 16.4 Å². The van der Waals surface area contributed by atoms with Crippen LogP contribution in [-0.2, 0) is 61.6 Å². The first-order valence-corrected chi connectivity index (χ1v) is 31.0. The first-order chi connectivity index (χ1) is 38.5. The Balaban J connectivity index is 1.01. The lowest BCUT2D eigenvalue weighted by Crippen LogP contribution is -2.38. The van der Waals surface area contributed by atoms with Crippen molar-refractivity contribution in [3.63, 3.8) is 0 Å². The Morgan fingerprint density at radius 3 is 2.26 bits per heavy atom. The van der Waals surface area contributed by atoms with E-state index in [0.29, 0.717) is 92.4 Å². The third-order valence-corrected chi connectivity index (χ3v) is 19.5. The monoisotopic (exact) mass is 1150 g/mol. The number of ether oxygens (including phenoxy) is 6. The number of aryl methyl sites for hydroxylation is 2. The fourth-order valence-corrected chi connectivity index (χ4v) is 14.7. The summed E-state index contributed by atoms with van der Waals surface area (Å²) in [5, 5.41) is -1.46. The van der Waals surface area contributed by atoms with Gasteiger partial charge >= 0.3 is 0 Å². The number of benzene rings is 5. The summed E-state index contributed by atoms with van der Waals surface area (Å²) in [7, 11) is 3.60. The molecule has 19 heteroatoms. The summed E-state index contributed by atoms with van der Waals surface area (Å²) in [6.07, 6.45) is 6.61. The van der Waals surface area contributed by atoms with Gasteiger partial charge in [0.05, 0.1) is 45.8 Å². The van der Waals surface area contributed by atoms with Crippen molar-refractivity contribution in [2.45, 2.75) is 102 Å². The van der Waals surface area contributed by atoms with Crippen LogP contribution < -0.4 is 28.9 Å². The van der Waals surface area contributed by atoms with Gasteiger partial charge in [0.2, 0.25) is 5.91 Å². The van der Waals surface area contributed by atoms with E-state index in [-0.39, 0.29) is 50.0 Å². The van der Waals surface area contributed by atoms with Crippen LogP contribution >= 0.6 is 21.6 Å². The van der Waals surface area contributed by atoms with E-state index in [9.17, 15) is 27.4 Å². The van der Waals surface area contributed by atoms with Crippen LogP contribution in [0.25, 0.3) is 0 Å². The zero-order chi connectivity index (χ0) is 56.7. The fourth-order valence-electron chi connectivity index (χ4n) is 11.0. The predicted molar refractivity (Wildman–Crippen MR) is 315 cm³/mol. The van der Waals surface area contributed by atoms with E-state index in [1.54, 1.807) is 38.0 Å². The average Bonchev–Trinajstić information content (AvgIpc) is 3.94. The number of carbonyl (C=O) groups is 3. The number of para-hydroxylation sites is 2. The van der Waals surface area contributed by atoms with Crippen LogP contribution in [0.1, 0.15) is 94.1 Å². The molecule has 80 heavy (non-hydrogen) atoms. The molecule has 0 aliphatic carbocycles. The molecule has 2 amide bonds. The largest absolute Gasteiger partial charge is 0.496 e. The maximum atomic E-state index is 14.4. The molecule has 1 N–H and O–H groups in total. The molecule has 0 spiro atoms. The van der Waals surface area contributed by atoms with E-state index < -0.39 is 25.9 Å². The van der Waals surface area contributed by atoms with Crippen LogP contribution in [0.2, 0.25) is 0 Å². The molecule has 4 aliphatic rings. The van der Waals surface area contributed by atoms with Gasteiger partial charge < -0.3 is 47.7 Å². The average molecular weight is 1150 g/mol. The van der Waals surface area contributed by atoms with E-state index in [4.69, 9.17) is 28.4 Å². The van der Waals surface area contributed by atoms with Crippen molar-refractivity contribution in [2.24, 2.45) is 0 Å². The first kappa shape index (κ1) is 58.7. The Bertz CT molecular complexity index is 3240. The minimum Gasteiger partial charge on any atom is -0.496 e. The van der Waals surface area contributed by atoms with Gasteiger partial charge in [-0.2, -0.15) is 8.42 Å². The normalized spacial score (nSPS) is 16.8. The lowest BCUT2D eigenvalue weighted by molar-refractivity contribution is -0.401. The molecule has 3 atom stereocenters. The summed E-state index contributed by atoms with van der Waals surface area (Å²) in [4.78, 5) is 47.2. The zero-order valence-corrected chi connectivity index (χ0v) is 49.1. The smallest absolute Gasteiger partial charge is 0.275 e. The molecule has 5 aromatic rings. The highest BCUT2D eigenvalue weighted by atomic mass is 33.1. The summed E-state index contributed by atoms with van der Waals surface area (Å²) in [6.45, 7) is 11.1. The number of fused-ring (bicyclic) bond motifs is 8.